The van der Waals surface area contributed by atoms with Gasteiger partial charge in [-0.05, 0) is 67.7 Å². The summed E-state index contributed by atoms with van der Waals surface area (Å²) in [5, 5.41) is 4.20. The first-order chi connectivity index (χ1) is 11.5. The van der Waals surface area contributed by atoms with Gasteiger partial charge in [-0.15, -0.1) is 0 Å². The van der Waals surface area contributed by atoms with Crippen molar-refractivity contribution in [3.8, 4) is 0 Å². The summed E-state index contributed by atoms with van der Waals surface area (Å²) in [6, 6.07) is 12.6. The minimum atomic E-state index is 0.204. The van der Waals surface area contributed by atoms with Gasteiger partial charge in [0.1, 0.15) is 0 Å². The molecule has 0 aliphatic rings. The third kappa shape index (κ3) is 5.03. The van der Waals surface area contributed by atoms with Crippen LogP contribution in [0.15, 0.2) is 48.8 Å². The van der Waals surface area contributed by atoms with Gasteiger partial charge in [0.05, 0.1) is 6.04 Å². The Kier molecular flexibility index (Phi) is 6.73. The van der Waals surface area contributed by atoms with Gasteiger partial charge < -0.3 is 10.2 Å². The van der Waals surface area contributed by atoms with Crippen LogP contribution in [0.3, 0.4) is 0 Å². The van der Waals surface area contributed by atoms with Gasteiger partial charge in [-0.25, -0.2) is 0 Å². The molecule has 128 valence electrons. The second-order valence-electron chi connectivity index (χ2n) is 6.58. The van der Waals surface area contributed by atoms with E-state index in [2.05, 4.69) is 67.2 Å². The number of rotatable bonds is 6. The maximum atomic E-state index is 5.74. The first-order valence-corrected chi connectivity index (χ1v) is 8.93. The fourth-order valence-corrected chi connectivity index (χ4v) is 2.95. The van der Waals surface area contributed by atoms with E-state index < -0.39 is 0 Å². The average Bonchev–Trinajstić information content (AvgIpc) is 2.57. The monoisotopic (exact) mass is 341 g/mol. The predicted octanol–water partition coefficient (Wildman–Crippen LogP) is 5.20. The zero-order valence-corrected chi connectivity index (χ0v) is 15.8. The van der Waals surface area contributed by atoms with E-state index in [1.165, 1.54) is 11.1 Å². The number of nitrogens with one attached hydrogen (secondary N) is 1. The quantitative estimate of drug-likeness (QED) is 0.731. The lowest BCUT2D eigenvalue weighted by Crippen LogP contribution is -2.38. The first kappa shape index (κ1) is 18.4. The van der Waals surface area contributed by atoms with Crippen LogP contribution in [0.1, 0.15) is 44.4 Å². The molecular formula is C20H27N3S. The summed E-state index contributed by atoms with van der Waals surface area (Å²) in [5.74, 6) is 0.637. The van der Waals surface area contributed by atoms with E-state index in [-0.39, 0.29) is 6.04 Å². The maximum Gasteiger partial charge on any atom is 0.173 e. The highest BCUT2D eigenvalue weighted by molar-refractivity contribution is 7.80. The normalized spacial score (nSPS) is 12.0. The van der Waals surface area contributed by atoms with Crippen LogP contribution < -0.4 is 5.32 Å². The summed E-state index contributed by atoms with van der Waals surface area (Å²) < 4.78 is 0. The number of nitrogens with zero attached hydrogens (tertiary/aromatic N) is 2. The molecule has 1 aromatic heterocycles. The SMILES string of the molecule is Cc1ccccc1NC(=S)N(CCC(C)C)[C@H](C)c1ccncc1. The third-order valence-corrected chi connectivity index (χ3v) is 4.59. The molecule has 1 atom stereocenters. The molecule has 24 heavy (non-hydrogen) atoms. The number of benzene rings is 1. The molecule has 0 aliphatic heterocycles. The highest BCUT2D eigenvalue weighted by Crippen LogP contribution is 2.23. The van der Waals surface area contributed by atoms with Gasteiger partial charge in [-0.3, -0.25) is 4.98 Å². The third-order valence-electron chi connectivity index (χ3n) is 4.25. The zero-order chi connectivity index (χ0) is 17.5. The van der Waals surface area contributed by atoms with Crippen molar-refractivity contribution in [1.29, 1.82) is 0 Å². The molecule has 2 rings (SSSR count). The number of para-hydroxylation sites is 1. The van der Waals surface area contributed by atoms with Crippen molar-refractivity contribution in [1.82, 2.24) is 9.88 Å². The lowest BCUT2D eigenvalue weighted by Gasteiger charge is -2.33. The Hall–Kier alpha value is -1.94. The molecule has 1 N–H and O–H groups in total. The number of aromatic nitrogens is 1. The van der Waals surface area contributed by atoms with Gasteiger partial charge >= 0.3 is 0 Å². The lowest BCUT2D eigenvalue weighted by molar-refractivity contribution is 0.318. The van der Waals surface area contributed by atoms with Crippen molar-refractivity contribution in [2.24, 2.45) is 5.92 Å². The molecule has 0 fully saturated rings. The Morgan fingerprint density at radius 2 is 1.79 bits per heavy atom. The highest BCUT2D eigenvalue weighted by Gasteiger charge is 2.19. The van der Waals surface area contributed by atoms with Crippen LogP contribution >= 0.6 is 12.2 Å². The Bertz CT molecular complexity index is 655. The van der Waals surface area contributed by atoms with Crippen LogP contribution in [-0.2, 0) is 0 Å². The molecule has 0 bridgehead atoms. The fraction of sp³-hybridized carbons (Fsp3) is 0.400. The number of hydrogen-bond donors (Lipinski definition) is 1. The van der Waals surface area contributed by atoms with Gasteiger partial charge in [0.15, 0.2) is 5.11 Å². The summed E-state index contributed by atoms with van der Waals surface area (Å²) >= 11 is 5.74. The van der Waals surface area contributed by atoms with Gasteiger partial charge in [0.25, 0.3) is 0 Å². The maximum absolute atomic E-state index is 5.74. The largest absolute Gasteiger partial charge is 0.342 e. The second kappa shape index (κ2) is 8.78. The molecule has 0 amide bonds. The summed E-state index contributed by atoms with van der Waals surface area (Å²) in [6.07, 6.45) is 4.78. The predicted molar refractivity (Wildman–Crippen MR) is 106 cm³/mol. The standard InChI is InChI=1S/C20H27N3S/c1-15(2)11-14-23(17(4)18-9-12-21-13-10-18)20(24)22-19-8-6-5-7-16(19)3/h5-10,12-13,15,17H,11,14H2,1-4H3,(H,22,24)/t17-/m1/s1. The Balaban J connectivity index is 2.18. The number of pyridine rings is 1. The molecule has 0 unspecified atom stereocenters. The van der Waals surface area contributed by atoms with Gasteiger partial charge in [-0.2, -0.15) is 0 Å². The van der Waals surface area contributed by atoms with E-state index in [4.69, 9.17) is 12.2 Å². The Morgan fingerprint density at radius 3 is 2.42 bits per heavy atom. The minimum Gasteiger partial charge on any atom is -0.342 e. The smallest absolute Gasteiger partial charge is 0.173 e. The zero-order valence-electron chi connectivity index (χ0n) is 15.0. The van der Waals surface area contributed by atoms with Gasteiger partial charge in [0.2, 0.25) is 0 Å². The van der Waals surface area contributed by atoms with E-state index >= 15 is 0 Å². The molecule has 3 nitrogen and oxygen atoms in total. The van der Waals surface area contributed by atoms with Gasteiger partial charge in [0, 0.05) is 24.6 Å². The van der Waals surface area contributed by atoms with Crippen LogP contribution in [0.5, 0.6) is 0 Å². The molecule has 4 heteroatoms. The molecule has 1 heterocycles. The molecule has 0 saturated heterocycles. The summed E-state index contributed by atoms with van der Waals surface area (Å²) in [6.45, 7) is 9.70. The van der Waals surface area contributed by atoms with Crippen molar-refractivity contribution >= 4 is 23.0 Å². The van der Waals surface area contributed by atoms with Crippen molar-refractivity contribution in [2.75, 3.05) is 11.9 Å². The molecule has 2 aromatic rings. The lowest BCUT2D eigenvalue weighted by atomic mass is 10.1. The molecule has 0 aliphatic carbocycles. The van der Waals surface area contributed by atoms with E-state index in [1.54, 1.807) is 0 Å². The summed E-state index contributed by atoms with van der Waals surface area (Å²) in [4.78, 5) is 6.39. The van der Waals surface area contributed by atoms with Crippen molar-refractivity contribution in [3.63, 3.8) is 0 Å². The number of anilines is 1. The first-order valence-electron chi connectivity index (χ1n) is 8.52. The summed E-state index contributed by atoms with van der Waals surface area (Å²) in [5.41, 5.74) is 3.49. The average molecular weight is 342 g/mol. The summed E-state index contributed by atoms with van der Waals surface area (Å²) in [7, 11) is 0. The Labute approximate surface area is 151 Å². The minimum absolute atomic E-state index is 0.204. The number of hydrogen-bond acceptors (Lipinski definition) is 2. The molecule has 0 radical (unpaired) electrons. The second-order valence-corrected chi connectivity index (χ2v) is 6.96. The van der Waals surface area contributed by atoms with Crippen molar-refractivity contribution in [2.45, 2.75) is 40.2 Å². The van der Waals surface area contributed by atoms with E-state index in [1.807, 2.05) is 24.5 Å². The van der Waals surface area contributed by atoms with Crippen LogP contribution in [0.4, 0.5) is 5.69 Å². The molecule has 0 spiro atoms. The fourth-order valence-electron chi connectivity index (χ4n) is 2.59. The van der Waals surface area contributed by atoms with E-state index in [0.29, 0.717) is 5.92 Å². The Morgan fingerprint density at radius 1 is 1.12 bits per heavy atom. The van der Waals surface area contributed by atoms with E-state index in [9.17, 15) is 0 Å². The van der Waals surface area contributed by atoms with Crippen LogP contribution in [0.2, 0.25) is 0 Å². The van der Waals surface area contributed by atoms with Crippen LogP contribution in [-0.4, -0.2) is 21.5 Å². The number of thiocarbonyl (C=S) groups is 1. The van der Waals surface area contributed by atoms with Gasteiger partial charge in [-0.1, -0.05) is 32.0 Å². The van der Waals surface area contributed by atoms with Crippen LogP contribution in [0, 0.1) is 12.8 Å². The highest BCUT2D eigenvalue weighted by atomic mass is 32.1. The molecular weight excluding hydrogens is 314 g/mol. The molecule has 1 aromatic carbocycles. The van der Waals surface area contributed by atoms with Crippen molar-refractivity contribution < 1.29 is 0 Å². The van der Waals surface area contributed by atoms with E-state index in [0.717, 1.165) is 23.8 Å². The topological polar surface area (TPSA) is 28.2 Å². The van der Waals surface area contributed by atoms with Crippen LogP contribution in [0.25, 0.3) is 0 Å². The van der Waals surface area contributed by atoms with Crippen molar-refractivity contribution in [3.05, 3.63) is 59.9 Å². The number of aryl methyl sites for hydroxylation is 1. The molecule has 0 saturated carbocycles.